The third kappa shape index (κ3) is 1.03. The summed E-state index contributed by atoms with van der Waals surface area (Å²) in [5.74, 6) is 0.789. The van der Waals surface area contributed by atoms with Gasteiger partial charge >= 0.3 is 0 Å². The molecule has 1 aliphatic rings. The maximum atomic E-state index is 11.6. The van der Waals surface area contributed by atoms with Crippen LogP contribution < -0.4 is 4.74 Å². The molecule has 3 heteroatoms. The van der Waals surface area contributed by atoms with E-state index in [2.05, 4.69) is 4.98 Å². The first kappa shape index (κ1) is 8.82. The number of benzene rings is 2. The zero-order valence-corrected chi connectivity index (χ0v) is 8.99. The molecular formula is C14H9NO2. The van der Waals surface area contributed by atoms with Crippen molar-refractivity contribution in [1.82, 2.24) is 4.98 Å². The van der Waals surface area contributed by atoms with E-state index in [1.807, 2.05) is 36.4 Å². The third-order valence-electron chi connectivity index (χ3n) is 3.27. The van der Waals surface area contributed by atoms with Crippen LogP contribution in [0.1, 0.15) is 10.4 Å². The van der Waals surface area contributed by atoms with Gasteiger partial charge in [-0.05, 0) is 18.2 Å². The molecule has 3 nitrogen and oxygen atoms in total. The van der Waals surface area contributed by atoms with Gasteiger partial charge in [0, 0.05) is 10.9 Å². The van der Waals surface area contributed by atoms with E-state index >= 15 is 0 Å². The quantitative estimate of drug-likeness (QED) is 0.636. The van der Waals surface area contributed by atoms with Crippen molar-refractivity contribution in [3.05, 3.63) is 42.0 Å². The highest BCUT2D eigenvalue weighted by Crippen LogP contribution is 2.38. The number of rotatable bonds is 0. The summed E-state index contributed by atoms with van der Waals surface area (Å²) in [6.45, 7) is 0.161. The molecule has 0 saturated carbocycles. The molecule has 17 heavy (non-hydrogen) atoms. The number of hydrogen-bond donors (Lipinski definition) is 1. The van der Waals surface area contributed by atoms with E-state index in [-0.39, 0.29) is 12.4 Å². The largest absolute Gasteiger partial charge is 0.484 e. The van der Waals surface area contributed by atoms with E-state index < -0.39 is 0 Å². The highest BCUT2D eigenvalue weighted by molar-refractivity contribution is 6.16. The zero-order chi connectivity index (χ0) is 11.4. The van der Waals surface area contributed by atoms with Crippen LogP contribution in [0.4, 0.5) is 0 Å². The van der Waals surface area contributed by atoms with Gasteiger partial charge in [-0.15, -0.1) is 0 Å². The lowest BCUT2D eigenvalue weighted by Crippen LogP contribution is -1.98. The summed E-state index contributed by atoms with van der Waals surface area (Å²) < 4.78 is 5.52. The van der Waals surface area contributed by atoms with Gasteiger partial charge in [-0.2, -0.15) is 0 Å². The smallest absolute Gasteiger partial charge is 0.203 e. The minimum atomic E-state index is 0.0622. The van der Waals surface area contributed by atoms with E-state index in [1.54, 1.807) is 0 Å². The maximum Gasteiger partial charge on any atom is 0.203 e. The van der Waals surface area contributed by atoms with Gasteiger partial charge in [0.1, 0.15) is 5.75 Å². The van der Waals surface area contributed by atoms with Crippen LogP contribution in [-0.4, -0.2) is 17.4 Å². The predicted molar refractivity (Wildman–Crippen MR) is 65.6 cm³/mol. The molecular weight excluding hydrogens is 214 g/mol. The van der Waals surface area contributed by atoms with Crippen molar-refractivity contribution >= 4 is 27.6 Å². The van der Waals surface area contributed by atoms with E-state index in [4.69, 9.17) is 4.74 Å². The molecule has 0 spiro atoms. The Labute approximate surface area is 97.0 Å². The number of ether oxygens (including phenoxy) is 1. The molecule has 0 unspecified atom stereocenters. The number of fused-ring (bicyclic) bond motifs is 5. The number of para-hydroxylation sites is 1. The Bertz CT molecular complexity index is 770. The molecule has 0 bridgehead atoms. The van der Waals surface area contributed by atoms with Gasteiger partial charge in [0.05, 0.1) is 16.5 Å². The van der Waals surface area contributed by atoms with Gasteiger partial charge in [0.25, 0.3) is 0 Å². The first-order valence-corrected chi connectivity index (χ1v) is 5.54. The van der Waals surface area contributed by atoms with Gasteiger partial charge in [-0.1, -0.05) is 18.2 Å². The van der Waals surface area contributed by atoms with E-state index in [9.17, 15) is 4.79 Å². The molecule has 2 heterocycles. The number of ketones is 1. The lowest BCUT2D eigenvalue weighted by atomic mass is 10.1. The summed E-state index contributed by atoms with van der Waals surface area (Å²) in [5.41, 5.74) is 2.78. The first-order chi connectivity index (χ1) is 8.34. The predicted octanol–water partition coefficient (Wildman–Crippen LogP) is 2.90. The summed E-state index contributed by atoms with van der Waals surface area (Å²) in [6.07, 6.45) is 0. The Hall–Kier alpha value is -2.29. The molecule has 1 aliphatic heterocycles. The van der Waals surface area contributed by atoms with Gasteiger partial charge < -0.3 is 9.72 Å². The standard InChI is InChI=1S/C14H9NO2/c16-12-7-17-14-9(12)5-6-11-13(14)8-3-1-2-4-10(8)15-11/h1-6,15H,7H2. The SMILES string of the molecule is O=C1COc2c1ccc1[nH]c3ccccc3c21. The second kappa shape index (κ2) is 2.88. The fourth-order valence-electron chi connectivity index (χ4n) is 2.49. The molecule has 0 radical (unpaired) electrons. The Balaban J connectivity index is 2.26. The second-order valence-corrected chi connectivity index (χ2v) is 4.25. The minimum Gasteiger partial charge on any atom is -0.484 e. The lowest BCUT2D eigenvalue weighted by molar-refractivity contribution is 0.0961. The van der Waals surface area contributed by atoms with Crippen LogP contribution >= 0.6 is 0 Å². The van der Waals surface area contributed by atoms with Crippen molar-refractivity contribution in [2.75, 3.05) is 6.61 Å². The van der Waals surface area contributed by atoms with Gasteiger partial charge in [0.2, 0.25) is 5.78 Å². The number of hydrogen-bond acceptors (Lipinski definition) is 2. The monoisotopic (exact) mass is 223 g/mol. The minimum absolute atomic E-state index is 0.0622. The molecule has 0 aliphatic carbocycles. The number of Topliss-reactive ketones (excluding diaryl/α,β-unsaturated/α-hetero) is 1. The second-order valence-electron chi connectivity index (χ2n) is 4.25. The molecule has 0 saturated heterocycles. The Morgan fingerprint density at radius 2 is 1.94 bits per heavy atom. The van der Waals surface area contributed by atoms with Crippen LogP contribution in [0.5, 0.6) is 5.75 Å². The molecule has 1 N–H and O–H groups in total. The van der Waals surface area contributed by atoms with Crippen LogP contribution in [0.15, 0.2) is 36.4 Å². The third-order valence-corrected chi connectivity index (χ3v) is 3.27. The Morgan fingerprint density at radius 3 is 2.88 bits per heavy atom. The van der Waals surface area contributed by atoms with Crippen LogP contribution in [0, 0.1) is 0 Å². The summed E-state index contributed by atoms with van der Waals surface area (Å²) in [5, 5.41) is 2.12. The average molecular weight is 223 g/mol. The van der Waals surface area contributed by atoms with Gasteiger partial charge in [0.15, 0.2) is 6.61 Å². The van der Waals surface area contributed by atoms with Crippen molar-refractivity contribution in [2.24, 2.45) is 0 Å². The van der Waals surface area contributed by atoms with Crippen LogP contribution in [0.3, 0.4) is 0 Å². The highest BCUT2D eigenvalue weighted by atomic mass is 16.5. The summed E-state index contributed by atoms with van der Waals surface area (Å²) >= 11 is 0. The lowest BCUT2D eigenvalue weighted by Gasteiger charge is -1.99. The summed E-state index contributed by atoms with van der Waals surface area (Å²) in [6, 6.07) is 11.8. The fourth-order valence-corrected chi connectivity index (χ4v) is 2.49. The van der Waals surface area contributed by atoms with Crippen LogP contribution in [0.25, 0.3) is 21.8 Å². The van der Waals surface area contributed by atoms with E-state index in [1.165, 1.54) is 0 Å². The number of H-pyrrole nitrogens is 1. The zero-order valence-electron chi connectivity index (χ0n) is 8.99. The van der Waals surface area contributed by atoms with Crippen molar-refractivity contribution in [1.29, 1.82) is 0 Å². The average Bonchev–Trinajstić information content (AvgIpc) is 2.90. The maximum absolute atomic E-state index is 11.6. The van der Waals surface area contributed by atoms with Crippen molar-refractivity contribution in [3.8, 4) is 5.75 Å². The Kier molecular flexibility index (Phi) is 1.50. The molecule has 0 atom stereocenters. The van der Waals surface area contributed by atoms with Crippen LogP contribution in [0.2, 0.25) is 0 Å². The molecule has 0 amide bonds. The van der Waals surface area contributed by atoms with Crippen LogP contribution in [-0.2, 0) is 0 Å². The first-order valence-electron chi connectivity index (χ1n) is 5.54. The summed E-state index contributed by atoms with van der Waals surface area (Å²) in [7, 11) is 0. The van der Waals surface area contributed by atoms with E-state index in [0.717, 1.165) is 27.6 Å². The van der Waals surface area contributed by atoms with Crippen molar-refractivity contribution < 1.29 is 9.53 Å². The Morgan fingerprint density at radius 1 is 1.06 bits per heavy atom. The van der Waals surface area contributed by atoms with Gasteiger partial charge in [-0.3, -0.25) is 4.79 Å². The summed E-state index contributed by atoms with van der Waals surface area (Å²) in [4.78, 5) is 15.0. The topological polar surface area (TPSA) is 42.1 Å². The van der Waals surface area contributed by atoms with E-state index in [0.29, 0.717) is 5.56 Å². The molecule has 0 fully saturated rings. The normalized spacial score (nSPS) is 14.2. The molecule has 2 aromatic carbocycles. The molecule has 1 aromatic heterocycles. The van der Waals surface area contributed by atoms with Crippen molar-refractivity contribution in [3.63, 3.8) is 0 Å². The number of aromatic amines is 1. The molecule has 82 valence electrons. The fraction of sp³-hybridized carbons (Fsp3) is 0.0714. The number of carbonyl (C=O) groups is 1. The number of aromatic nitrogens is 1. The molecule has 4 rings (SSSR count). The van der Waals surface area contributed by atoms with Crippen molar-refractivity contribution in [2.45, 2.75) is 0 Å². The van der Waals surface area contributed by atoms with Gasteiger partial charge in [-0.25, -0.2) is 0 Å². The number of carbonyl (C=O) groups excluding carboxylic acids is 1. The number of nitrogens with one attached hydrogen (secondary N) is 1. The highest BCUT2D eigenvalue weighted by Gasteiger charge is 2.24. The molecule has 3 aromatic rings.